The molecular formula is C14H19N3O. The lowest BCUT2D eigenvalue weighted by atomic mass is 9.91. The van der Waals surface area contributed by atoms with Crippen LogP contribution in [0.4, 0.5) is 5.69 Å². The summed E-state index contributed by atoms with van der Waals surface area (Å²) in [6, 6.07) is 9.78. The Bertz CT molecular complexity index is 615. The van der Waals surface area contributed by atoms with Crippen LogP contribution in [-0.2, 0) is 12.5 Å². The minimum atomic E-state index is -0.194. The zero-order valence-corrected chi connectivity index (χ0v) is 11.3. The molecule has 96 valence electrons. The van der Waals surface area contributed by atoms with Crippen LogP contribution in [0.3, 0.4) is 0 Å². The number of rotatable bonds is 1. The van der Waals surface area contributed by atoms with Gasteiger partial charge in [0.05, 0.1) is 11.4 Å². The zero-order chi connectivity index (χ0) is 13.5. The molecule has 1 aromatic carbocycles. The molecule has 0 amide bonds. The molecule has 0 spiro atoms. The van der Waals surface area contributed by atoms with Crippen molar-refractivity contribution in [2.24, 2.45) is 7.05 Å². The fourth-order valence-electron chi connectivity index (χ4n) is 2.22. The Labute approximate surface area is 107 Å². The van der Waals surface area contributed by atoms with E-state index in [9.17, 15) is 4.79 Å². The standard InChI is InChI=1S/C14H19N3O/c1-14(2,3)12-11(15)13(18)16(4)17(12)10-8-6-5-7-9-10/h5-9H,15H2,1-4H3. The lowest BCUT2D eigenvalue weighted by Crippen LogP contribution is -2.22. The van der Waals surface area contributed by atoms with Gasteiger partial charge in [-0.1, -0.05) is 39.0 Å². The van der Waals surface area contributed by atoms with Crippen molar-refractivity contribution in [1.82, 2.24) is 9.36 Å². The van der Waals surface area contributed by atoms with E-state index in [1.807, 2.05) is 35.0 Å². The van der Waals surface area contributed by atoms with Gasteiger partial charge in [0.2, 0.25) is 0 Å². The monoisotopic (exact) mass is 245 g/mol. The maximum absolute atomic E-state index is 12.0. The Hall–Kier alpha value is -1.97. The molecule has 0 saturated carbocycles. The smallest absolute Gasteiger partial charge is 0.290 e. The predicted octanol–water partition coefficient (Wildman–Crippen LogP) is 2.06. The summed E-state index contributed by atoms with van der Waals surface area (Å²) in [5.41, 5.74) is 7.75. The number of nitrogens with zero attached hydrogens (tertiary/aromatic N) is 2. The number of benzene rings is 1. The van der Waals surface area contributed by atoms with E-state index in [-0.39, 0.29) is 11.0 Å². The molecule has 0 atom stereocenters. The molecule has 0 saturated heterocycles. The van der Waals surface area contributed by atoms with Gasteiger partial charge in [0.15, 0.2) is 0 Å². The van der Waals surface area contributed by atoms with E-state index in [4.69, 9.17) is 5.73 Å². The average molecular weight is 245 g/mol. The number of anilines is 1. The maximum atomic E-state index is 12.0. The molecule has 4 nitrogen and oxygen atoms in total. The van der Waals surface area contributed by atoms with Crippen LogP contribution in [0, 0.1) is 0 Å². The fraction of sp³-hybridized carbons (Fsp3) is 0.357. The normalized spacial score (nSPS) is 11.8. The van der Waals surface area contributed by atoms with Crippen LogP contribution in [0.5, 0.6) is 0 Å². The van der Waals surface area contributed by atoms with Crippen molar-refractivity contribution in [2.75, 3.05) is 5.73 Å². The summed E-state index contributed by atoms with van der Waals surface area (Å²) in [5, 5.41) is 0. The molecule has 1 heterocycles. The van der Waals surface area contributed by atoms with Crippen molar-refractivity contribution in [3.8, 4) is 5.69 Å². The van der Waals surface area contributed by atoms with Crippen molar-refractivity contribution < 1.29 is 0 Å². The Morgan fingerprint density at radius 3 is 2.17 bits per heavy atom. The van der Waals surface area contributed by atoms with Crippen LogP contribution in [0.2, 0.25) is 0 Å². The highest BCUT2D eigenvalue weighted by Gasteiger charge is 2.26. The van der Waals surface area contributed by atoms with Gasteiger partial charge in [0, 0.05) is 12.5 Å². The van der Waals surface area contributed by atoms with E-state index in [1.54, 1.807) is 11.7 Å². The number of hydrogen-bond acceptors (Lipinski definition) is 2. The third-order valence-electron chi connectivity index (χ3n) is 3.00. The van der Waals surface area contributed by atoms with Crippen LogP contribution in [0.25, 0.3) is 5.69 Å². The van der Waals surface area contributed by atoms with Gasteiger partial charge in [-0.2, -0.15) is 0 Å². The van der Waals surface area contributed by atoms with E-state index < -0.39 is 0 Å². The molecule has 0 aliphatic rings. The number of hydrogen-bond donors (Lipinski definition) is 1. The summed E-state index contributed by atoms with van der Waals surface area (Å²) in [5.74, 6) is 0. The van der Waals surface area contributed by atoms with Crippen molar-refractivity contribution >= 4 is 5.69 Å². The first-order valence-corrected chi connectivity index (χ1v) is 5.97. The molecule has 0 aliphatic carbocycles. The molecule has 18 heavy (non-hydrogen) atoms. The van der Waals surface area contributed by atoms with Gasteiger partial charge in [-0.3, -0.25) is 9.48 Å². The van der Waals surface area contributed by atoms with Crippen LogP contribution < -0.4 is 11.3 Å². The fourth-order valence-corrected chi connectivity index (χ4v) is 2.22. The predicted molar refractivity (Wildman–Crippen MR) is 74.1 cm³/mol. The van der Waals surface area contributed by atoms with Crippen LogP contribution in [0.15, 0.2) is 35.1 Å². The Balaban J connectivity index is 2.83. The third-order valence-corrected chi connectivity index (χ3v) is 3.00. The second-order valence-electron chi connectivity index (χ2n) is 5.49. The number of para-hydroxylation sites is 1. The van der Waals surface area contributed by atoms with E-state index in [0.717, 1.165) is 11.4 Å². The SMILES string of the molecule is Cn1c(=O)c(N)c(C(C)(C)C)n1-c1ccccc1. The van der Waals surface area contributed by atoms with E-state index in [0.29, 0.717) is 5.69 Å². The summed E-state index contributed by atoms with van der Waals surface area (Å²) in [6.45, 7) is 6.16. The van der Waals surface area contributed by atoms with Crippen LogP contribution in [0.1, 0.15) is 26.5 Å². The first kappa shape index (κ1) is 12.5. The van der Waals surface area contributed by atoms with E-state index in [2.05, 4.69) is 20.8 Å². The highest BCUT2D eigenvalue weighted by molar-refractivity contribution is 5.49. The van der Waals surface area contributed by atoms with Gasteiger partial charge in [0.1, 0.15) is 5.69 Å². The average Bonchev–Trinajstić information content (AvgIpc) is 2.54. The highest BCUT2D eigenvalue weighted by atomic mass is 16.1. The zero-order valence-electron chi connectivity index (χ0n) is 11.3. The topological polar surface area (TPSA) is 52.9 Å². The van der Waals surface area contributed by atoms with Gasteiger partial charge in [-0.15, -0.1) is 0 Å². The maximum Gasteiger partial charge on any atom is 0.290 e. The molecule has 0 unspecified atom stereocenters. The van der Waals surface area contributed by atoms with Crippen LogP contribution >= 0.6 is 0 Å². The molecule has 0 bridgehead atoms. The third kappa shape index (κ3) is 1.83. The second-order valence-corrected chi connectivity index (χ2v) is 5.49. The quantitative estimate of drug-likeness (QED) is 0.836. The summed E-state index contributed by atoms with van der Waals surface area (Å²) in [4.78, 5) is 12.0. The van der Waals surface area contributed by atoms with Gasteiger partial charge in [-0.25, -0.2) is 4.68 Å². The molecule has 0 radical (unpaired) electrons. The molecule has 0 aliphatic heterocycles. The summed E-state index contributed by atoms with van der Waals surface area (Å²) >= 11 is 0. The Morgan fingerprint density at radius 2 is 1.67 bits per heavy atom. The lowest BCUT2D eigenvalue weighted by molar-refractivity contribution is 0.513. The number of nitrogen functional groups attached to an aromatic ring is 1. The lowest BCUT2D eigenvalue weighted by Gasteiger charge is -2.22. The van der Waals surface area contributed by atoms with Gasteiger partial charge in [-0.05, 0) is 12.1 Å². The van der Waals surface area contributed by atoms with Crippen molar-refractivity contribution in [1.29, 1.82) is 0 Å². The molecule has 0 fully saturated rings. The van der Waals surface area contributed by atoms with Gasteiger partial charge in [0.25, 0.3) is 5.56 Å². The number of nitrogens with two attached hydrogens (primary N) is 1. The summed E-state index contributed by atoms with van der Waals surface area (Å²) in [7, 11) is 1.74. The second kappa shape index (κ2) is 4.05. The van der Waals surface area contributed by atoms with Gasteiger partial charge < -0.3 is 5.73 Å². The molecule has 4 heteroatoms. The molecule has 2 rings (SSSR count). The minimum Gasteiger partial charge on any atom is -0.393 e. The summed E-state index contributed by atoms with van der Waals surface area (Å²) < 4.78 is 3.45. The Morgan fingerprint density at radius 1 is 1.11 bits per heavy atom. The number of aromatic nitrogens is 2. The molecule has 2 aromatic rings. The first-order valence-electron chi connectivity index (χ1n) is 5.97. The van der Waals surface area contributed by atoms with Crippen molar-refractivity contribution in [2.45, 2.75) is 26.2 Å². The van der Waals surface area contributed by atoms with Gasteiger partial charge >= 0.3 is 0 Å². The molecule has 1 aromatic heterocycles. The summed E-state index contributed by atoms with van der Waals surface area (Å²) in [6.07, 6.45) is 0. The van der Waals surface area contributed by atoms with E-state index >= 15 is 0 Å². The van der Waals surface area contributed by atoms with Crippen molar-refractivity contribution in [3.05, 3.63) is 46.4 Å². The van der Waals surface area contributed by atoms with Crippen molar-refractivity contribution in [3.63, 3.8) is 0 Å². The molecule has 2 N–H and O–H groups in total. The largest absolute Gasteiger partial charge is 0.393 e. The minimum absolute atomic E-state index is 0.149. The highest BCUT2D eigenvalue weighted by Crippen LogP contribution is 2.28. The van der Waals surface area contributed by atoms with Crippen LogP contribution in [-0.4, -0.2) is 9.36 Å². The Kier molecular flexibility index (Phi) is 2.81. The van der Waals surface area contributed by atoms with E-state index in [1.165, 1.54) is 0 Å². The molecular weight excluding hydrogens is 226 g/mol. The first-order chi connectivity index (χ1) is 8.34.